The van der Waals surface area contributed by atoms with E-state index in [9.17, 15) is 0 Å². The van der Waals surface area contributed by atoms with Gasteiger partial charge in [-0.2, -0.15) is 0 Å². The summed E-state index contributed by atoms with van der Waals surface area (Å²) >= 11 is 0. The minimum Gasteiger partial charge on any atom is -0.344 e. The number of rotatable bonds is 3. The molecule has 0 aromatic heterocycles. The summed E-state index contributed by atoms with van der Waals surface area (Å²) in [5.74, 6) is 0. The standard InChI is InChI=1S/C11H17N.ClH.H3N/c1-10-4-6-11(7-5-10)8-9-12(2)3;;/h4-7H,8-9H2,1-3H3;1H;1H3. The Balaban J connectivity index is 0. The van der Waals surface area contributed by atoms with Gasteiger partial charge in [0.15, 0.2) is 0 Å². The smallest absolute Gasteiger partial charge is 0.00157 e. The summed E-state index contributed by atoms with van der Waals surface area (Å²) in [4.78, 5) is 2.21. The van der Waals surface area contributed by atoms with Crippen LogP contribution in [0.2, 0.25) is 0 Å². The molecule has 0 atom stereocenters. The molecule has 0 aliphatic rings. The molecule has 82 valence electrons. The molecule has 0 bridgehead atoms. The maximum absolute atomic E-state index is 2.21. The summed E-state index contributed by atoms with van der Waals surface area (Å²) in [6.07, 6.45) is 1.15. The van der Waals surface area contributed by atoms with Crippen LogP contribution >= 0.6 is 12.4 Å². The average Bonchev–Trinajstić information content (AvgIpc) is 2.03. The molecule has 0 fully saturated rings. The van der Waals surface area contributed by atoms with Gasteiger partial charge in [0.1, 0.15) is 0 Å². The van der Waals surface area contributed by atoms with Crippen LogP contribution in [0.3, 0.4) is 0 Å². The Labute approximate surface area is 93.3 Å². The van der Waals surface area contributed by atoms with Crippen LogP contribution in [0.25, 0.3) is 0 Å². The van der Waals surface area contributed by atoms with Gasteiger partial charge in [-0.25, -0.2) is 0 Å². The van der Waals surface area contributed by atoms with Gasteiger partial charge in [-0.15, -0.1) is 12.4 Å². The quantitative estimate of drug-likeness (QED) is 0.844. The lowest BCUT2D eigenvalue weighted by molar-refractivity contribution is 0.413. The first-order chi connectivity index (χ1) is 5.68. The van der Waals surface area contributed by atoms with Crippen LogP contribution in [0.15, 0.2) is 24.3 Å². The third kappa shape index (κ3) is 5.97. The Bertz CT molecular complexity index is 232. The highest BCUT2D eigenvalue weighted by Crippen LogP contribution is 2.03. The molecular weight excluding hydrogens is 196 g/mol. The van der Waals surface area contributed by atoms with Crippen molar-refractivity contribution in [1.29, 1.82) is 0 Å². The van der Waals surface area contributed by atoms with E-state index >= 15 is 0 Å². The Morgan fingerprint density at radius 3 is 2.00 bits per heavy atom. The second-order valence-corrected chi connectivity index (χ2v) is 3.54. The summed E-state index contributed by atoms with van der Waals surface area (Å²) in [6.45, 7) is 3.25. The first-order valence-electron chi connectivity index (χ1n) is 4.39. The molecule has 0 amide bonds. The molecule has 1 aromatic carbocycles. The Morgan fingerprint density at radius 2 is 1.57 bits per heavy atom. The van der Waals surface area contributed by atoms with E-state index in [0.717, 1.165) is 13.0 Å². The van der Waals surface area contributed by atoms with Gasteiger partial charge in [-0.3, -0.25) is 0 Å². The van der Waals surface area contributed by atoms with Crippen molar-refractivity contribution in [3.8, 4) is 0 Å². The van der Waals surface area contributed by atoms with E-state index in [1.54, 1.807) is 0 Å². The van der Waals surface area contributed by atoms with Crippen LogP contribution < -0.4 is 6.15 Å². The van der Waals surface area contributed by atoms with Crippen LogP contribution in [-0.4, -0.2) is 25.5 Å². The molecule has 2 nitrogen and oxygen atoms in total. The summed E-state index contributed by atoms with van der Waals surface area (Å²) in [7, 11) is 4.21. The second kappa shape index (κ2) is 7.80. The highest BCUT2D eigenvalue weighted by atomic mass is 35.5. The molecule has 3 heteroatoms. The molecule has 0 aliphatic carbocycles. The SMILES string of the molecule is Cc1ccc(CCN(C)C)cc1.Cl.N. The summed E-state index contributed by atoms with van der Waals surface area (Å²) in [5, 5.41) is 0. The van der Waals surface area contributed by atoms with E-state index in [-0.39, 0.29) is 18.6 Å². The van der Waals surface area contributed by atoms with Crippen molar-refractivity contribution in [3.05, 3.63) is 35.4 Å². The molecule has 0 aliphatic heterocycles. The fraction of sp³-hybridized carbons (Fsp3) is 0.455. The van der Waals surface area contributed by atoms with Gasteiger partial charge >= 0.3 is 0 Å². The first-order valence-corrected chi connectivity index (χ1v) is 4.39. The van der Waals surface area contributed by atoms with E-state index in [0.29, 0.717) is 0 Å². The highest BCUT2D eigenvalue weighted by Gasteiger charge is 1.93. The Hall–Kier alpha value is -0.570. The molecular formula is C11H21ClN2. The monoisotopic (exact) mass is 216 g/mol. The molecule has 0 saturated carbocycles. The lowest BCUT2D eigenvalue weighted by atomic mass is 10.1. The number of nitrogens with zero attached hydrogens (tertiary/aromatic N) is 1. The Kier molecular flexibility index (Phi) is 8.85. The molecule has 1 rings (SSSR count). The second-order valence-electron chi connectivity index (χ2n) is 3.54. The van der Waals surface area contributed by atoms with Crippen LogP contribution in [0.5, 0.6) is 0 Å². The van der Waals surface area contributed by atoms with Crippen LogP contribution in [0.1, 0.15) is 11.1 Å². The predicted octanol–water partition coefficient (Wildman–Crippen LogP) is 2.68. The summed E-state index contributed by atoms with van der Waals surface area (Å²) in [6, 6.07) is 8.76. The normalized spacial score (nSPS) is 9.14. The number of aryl methyl sites for hydroxylation is 1. The molecule has 0 saturated heterocycles. The molecule has 14 heavy (non-hydrogen) atoms. The van der Waals surface area contributed by atoms with Crippen LogP contribution in [0.4, 0.5) is 0 Å². The number of halogens is 1. The van der Waals surface area contributed by atoms with Crippen molar-refractivity contribution in [2.75, 3.05) is 20.6 Å². The molecule has 0 unspecified atom stereocenters. The fourth-order valence-electron chi connectivity index (χ4n) is 1.11. The summed E-state index contributed by atoms with van der Waals surface area (Å²) < 4.78 is 0. The van der Waals surface area contributed by atoms with E-state index < -0.39 is 0 Å². The number of hydrogen-bond acceptors (Lipinski definition) is 2. The van der Waals surface area contributed by atoms with Crippen LogP contribution in [-0.2, 0) is 6.42 Å². The Morgan fingerprint density at radius 1 is 1.07 bits per heavy atom. The third-order valence-corrected chi connectivity index (χ3v) is 1.97. The van der Waals surface area contributed by atoms with Crippen molar-refractivity contribution in [3.63, 3.8) is 0 Å². The van der Waals surface area contributed by atoms with Crippen LogP contribution in [0, 0.1) is 6.92 Å². The minimum atomic E-state index is 0. The van der Waals surface area contributed by atoms with E-state index in [1.807, 2.05) is 0 Å². The molecule has 0 heterocycles. The van der Waals surface area contributed by atoms with Crippen molar-refractivity contribution in [1.82, 2.24) is 11.1 Å². The van der Waals surface area contributed by atoms with Gasteiger partial charge in [0.2, 0.25) is 0 Å². The largest absolute Gasteiger partial charge is 0.344 e. The summed E-state index contributed by atoms with van der Waals surface area (Å²) in [5.41, 5.74) is 2.76. The van der Waals surface area contributed by atoms with Crippen molar-refractivity contribution in [2.45, 2.75) is 13.3 Å². The zero-order valence-corrected chi connectivity index (χ0v) is 10.1. The highest BCUT2D eigenvalue weighted by molar-refractivity contribution is 5.85. The lowest BCUT2D eigenvalue weighted by Crippen LogP contribution is -2.14. The number of likely N-dealkylation sites (N-methyl/N-ethyl adjacent to an activating group) is 1. The zero-order valence-electron chi connectivity index (χ0n) is 9.29. The zero-order chi connectivity index (χ0) is 8.97. The van der Waals surface area contributed by atoms with Crippen molar-refractivity contribution >= 4 is 12.4 Å². The molecule has 1 aromatic rings. The van der Waals surface area contributed by atoms with Gasteiger partial charge in [0.05, 0.1) is 0 Å². The number of hydrogen-bond donors (Lipinski definition) is 1. The minimum absolute atomic E-state index is 0. The van der Waals surface area contributed by atoms with E-state index in [1.165, 1.54) is 11.1 Å². The van der Waals surface area contributed by atoms with Crippen molar-refractivity contribution < 1.29 is 0 Å². The fourth-order valence-corrected chi connectivity index (χ4v) is 1.11. The van der Waals surface area contributed by atoms with Gasteiger partial charge < -0.3 is 11.1 Å². The molecule has 0 radical (unpaired) electrons. The molecule has 0 spiro atoms. The maximum atomic E-state index is 2.21. The topological polar surface area (TPSA) is 38.2 Å². The van der Waals surface area contributed by atoms with Gasteiger partial charge in [0.25, 0.3) is 0 Å². The number of benzene rings is 1. The van der Waals surface area contributed by atoms with Crippen molar-refractivity contribution in [2.24, 2.45) is 0 Å². The van der Waals surface area contributed by atoms with E-state index in [4.69, 9.17) is 0 Å². The van der Waals surface area contributed by atoms with Gasteiger partial charge in [-0.05, 0) is 33.0 Å². The van der Waals surface area contributed by atoms with Gasteiger partial charge in [0, 0.05) is 6.54 Å². The first kappa shape index (κ1) is 15.9. The molecule has 3 N–H and O–H groups in total. The van der Waals surface area contributed by atoms with Gasteiger partial charge in [-0.1, -0.05) is 29.8 Å². The average molecular weight is 217 g/mol. The lowest BCUT2D eigenvalue weighted by Gasteiger charge is -2.08. The van der Waals surface area contributed by atoms with E-state index in [2.05, 4.69) is 50.2 Å². The third-order valence-electron chi connectivity index (χ3n) is 1.97. The predicted molar refractivity (Wildman–Crippen MR) is 65.7 cm³/mol. The maximum Gasteiger partial charge on any atom is 0.00157 e.